The number of rotatable bonds is 0. The Balaban J connectivity index is 2.83. The van der Waals surface area contributed by atoms with Crippen LogP contribution in [0.2, 0.25) is 0 Å². The van der Waals surface area contributed by atoms with Crippen LogP contribution < -0.4 is 0 Å². The van der Waals surface area contributed by atoms with Crippen LogP contribution in [0.4, 0.5) is 0 Å². The molecule has 3 nitrogen and oxygen atoms in total. The number of nitrogens with zero attached hydrogens (tertiary/aromatic N) is 2. The van der Waals surface area contributed by atoms with E-state index in [-0.39, 0.29) is 11.5 Å². The van der Waals surface area contributed by atoms with Gasteiger partial charge in [-0.25, -0.2) is 10.1 Å². The first-order valence-electron chi connectivity index (χ1n) is 4.55. The van der Waals surface area contributed by atoms with Crippen LogP contribution in [0.3, 0.4) is 0 Å². The first kappa shape index (κ1) is 10.4. The number of Topliss-reactive ketones (excluding diaryl/α,β-unsaturated/α-hetero) is 1. The Morgan fingerprint density at radius 2 is 2.44 bits per heavy atom. The van der Waals surface area contributed by atoms with E-state index in [4.69, 9.17) is 11.8 Å². The lowest BCUT2D eigenvalue weighted by atomic mass is 10.1. The minimum Gasteiger partial charge on any atom is -0.289 e. The van der Waals surface area contributed by atoms with E-state index in [1.807, 2.05) is 6.07 Å². The van der Waals surface area contributed by atoms with Crippen molar-refractivity contribution in [3.63, 3.8) is 0 Å². The summed E-state index contributed by atoms with van der Waals surface area (Å²) in [6.07, 6.45) is 1.66. The van der Waals surface area contributed by atoms with E-state index in [0.29, 0.717) is 16.7 Å². The monoisotopic (exact) mass is 226 g/mol. The van der Waals surface area contributed by atoms with Crippen LogP contribution in [-0.4, -0.2) is 5.78 Å². The van der Waals surface area contributed by atoms with Gasteiger partial charge in [-0.2, -0.15) is 0 Å². The van der Waals surface area contributed by atoms with Gasteiger partial charge in [-0.15, -0.1) is 11.3 Å². The van der Waals surface area contributed by atoms with Gasteiger partial charge in [-0.05, 0) is 18.4 Å². The molecule has 0 unspecified atom stereocenters. The molecule has 0 bridgehead atoms. The highest BCUT2D eigenvalue weighted by Crippen LogP contribution is 2.42. The molecule has 1 heterocycles. The van der Waals surface area contributed by atoms with E-state index in [1.54, 1.807) is 24.4 Å². The van der Waals surface area contributed by atoms with Crippen molar-refractivity contribution in [3.05, 3.63) is 50.7 Å². The highest BCUT2D eigenvalue weighted by atomic mass is 32.1. The normalized spacial score (nSPS) is 19.2. The number of allylic oxidation sites excluding steroid dienone is 4. The van der Waals surface area contributed by atoms with E-state index < -0.39 is 0 Å². The molecule has 0 spiro atoms. The van der Waals surface area contributed by atoms with Gasteiger partial charge in [-0.3, -0.25) is 4.79 Å². The first-order valence-corrected chi connectivity index (χ1v) is 5.43. The molecular formula is C12H6N2OS. The Morgan fingerprint density at radius 3 is 3.00 bits per heavy atom. The lowest BCUT2D eigenvalue weighted by Gasteiger charge is -1.98. The molecule has 0 aliphatic heterocycles. The Kier molecular flexibility index (Phi) is 2.44. The third kappa shape index (κ3) is 1.21. The minimum absolute atomic E-state index is 0.0114. The number of carbonyl (C=O) groups excluding carboxylic acids is 1. The molecule has 0 N–H and O–H groups in total. The fourth-order valence-corrected chi connectivity index (χ4v) is 2.66. The fourth-order valence-electron chi connectivity index (χ4n) is 1.71. The molecule has 1 aromatic rings. The average Bonchev–Trinajstić information content (AvgIpc) is 2.85. The standard InChI is InChI=1S/C12H6N2OS/c1-3-7-10(9(6-13)14-2)12-8(11(7)15)4-5-16-12/h3-5H,1H3/b7-3-,10-9+. The van der Waals surface area contributed by atoms with Gasteiger partial charge in [-0.1, -0.05) is 6.08 Å². The van der Waals surface area contributed by atoms with E-state index in [2.05, 4.69) is 4.85 Å². The second-order valence-electron chi connectivity index (χ2n) is 3.14. The summed E-state index contributed by atoms with van der Waals surface area (Å²) in [5.41, 5.74) is 1.55. The summed E-state index contributed by atoms with van der Waals surface area (Å²) in [4.78, 5) is 15.9. The first-order chi connectivity index (χ1) is 7.74. The number of hydrogen-bond donors (Lipinski definition) is 0. The number of fused-ring (bicyclic) bond motifs is 1. The minimum atomic E-state index is -0.0925. The molecular weight excluding hydrogens is 220 g/mol. The third-order valence-electron chi connectivity index (χ3n) is 2.39. The number of hydrogen-bond acceptors (Lipinski definition) is 3. The summed E-state index contributed by atoms with van der Waals surface area (Å²) in [6.45, 7) is 8.70. The van der Waals surface area contributed by atoms with Gasteiger partial charge in [0, 0.05) is 21.6 Å². The summed E-state index contributed by atoms with van der Waals surface area (Å²) in [5, 5.41) is 10.7. The Hall–Kier alpha value is -2.17. The van der Waals surface area contributed by atoms with Gasteiger partial charge >= 0.3 is 0 Å². The molecule has 0 atom stereocenters. The van der Waals surface area contributed by atoms with Crippen molar-refractivity contribution in [2.24, 2.45) is 0 Å². The van der Waals surface area contributed by atoms with Crippen LogP contribution in [0.25, 0.3) is 10.4 Å². The summed E-state index contributed by atoms with van der Waals surface area (Å²) < 4.78 is 0. The van der Waals surface area contributed by atoms with Crippen molar-refractivity contribution in [2.45, 2.75) is 6.92 Å². The van der Waals surface area contributed by atoms with Gasteiger partial charge in [0.25, 0.3) is 5.70 Å². The van der Waals surface area contributed by atoms with Crippen molar-refractivity contribution < 1.29 is 4.79 Å². The van der Waals surface area contributed by atoms with Crippen molar-refractivity contribution >= 4 is 22.7 Å². The molecule has 0 saturated heterocycles. The molecule has 76 valence electrons. The molecule has 4 heteroatoms. The van der Waals surface area contributed by atoms with E-state index in [1.165, 1.54) is 11.3 Å². The van der Waals surface area contributed by atoms with Crippen LogP contribution in [0, 0.1) is 17.9 Å². The SMILES string of the molecule is [C-]#[N+]/C(C#N)=C1\C(=C\C)C(=O)c2ccsc21. The number of nitriles is 1. The van der Waals surface area contributed by atoms with Crippen LogP contribution >= 0.6 is 11.3 Å². The topological polar surface area (TPSA) is 45.2 Å². The fraction of sp³-hybridized carbons (Fsp3) is 0.0833. The van der Waals surface area contributed by atoms with Crippen LogP contribution in [0.1, 0.15) is 22.2 Å². The zero-order valence-corrected chi connectivity index (χ0v) is 9.26. The predicted octanol–water partition coefficient (Wildman–Crippen LogP) is 3.04. The second kappa shape index (κ2) is 3.77. The Bertz CT molecular complexity index is 604. The van der Waals surface area contributed by atoms with Crippen molar-refractivity contribution in [3.8, 4) is 6.07 Å². The van der Waals surface area contributed by atoms with Gasteiger partial charge in [0.1, 0.15) is 0 Å². The zero-order chi connectivity index (χ0) is 11.7. The van der Waals surface area contributed by atoms with Gasteiger partial charge in [0.2, 0.25) is 0 Å². The number of ketones is 1. The molecule has 0 saturated carbocycles. The molecule has 2 rings (SSSR count). The average molecular weight is 226 g/mol. The summed E-state index contributed by atoms with van der Waals surface area (Å²) in [5.74, 6) is -0.0925. The largest absolute Gasteiger partial charge is 0.289 e. The van der Waals surface area contributed by atoms with E-state index >= 15 is 0 Å². The van der Waals surface area contributed by atoms with Gasteiger partial charge in [0.05, 0.1) is 12.6 Å². The van der Waals surface area contributed by atoms with Crippen molar-refractivity contribution in [1.29, 1.82) is 5.26 Å². The second-order valence-corrected chi connectivity index (χ2v) is 4.06. The van der Waals surface area contributed by atoms with Crippen LogP contribution in [0.5, 0.6) is 0 Å². The van der Waals surface area contributed by atoms with Gasteiger partial charge < -0.3 is 0 Å². The van der Waals surface area contributed by atoms with E-state index in [0.717, 1.165) is 4.88 Å². The maximum Gasteiger partial charge on any atom is 0.271 e. The highest BCUT2D eigenvalue weighted by Gasteiger charge is 2.32. The maximum absolute atomic E-state index is 11.9. The van der Waals surface area contributed by atoms with Crippen LogP contribution in [0.15, 0.2) is 28.8 Å². The molecule has 16 heavy (non-hydrogen) atoms. The quantitative estimate of drug-likeness (QED) is 0.387. The summed E-state index contributed by atoms with van der Waals surface area (Å²) >= 11 is 1.39. The zero-order valence-electron chi connectivity index (χ0n) is 8.44. The third-order valence-corrected chi connectivity index (χ3v) is 3.33. The summed E-state index contributed by atoms with van der Waals surface area (Å²) in [6, 6.07) is 3.58. The number of thiophene rings is 1. The predicted molar refractivity (Wildman–Crippen MR) is 61.5 cm³/mol. The number of carbonyl (C=O) groups is 1. The smallest absolute Gasteiger partial charge is 0.271 e. The van der Waals surface area contributed by atoms with E-state index in [9.17, 15) is 4.79 Å². The molecule has 0 aromatic carbocycles. The highest BCUT2D eigenvalue weighted by molar-refractivity contribution is 7.12. The van der Waals surface area contributed by atoms with Crippen molar-refractivity contribution in [1.82, 2.24) is 0 Å². The Labute approximate surface area is 96.8 Å². The van der Waals surface area contributed by atoms with Gasteiger partial charge in [0.15, 0.2) is 5.78 Å². The Morgan fingerprint density at radius 1 is 1.69 bits per heavy atom. The molecule has 1 aliphatic carbocycles. The molecule has 0 amide bonds. The maximum atomic E-state index is 11.9. The molecule has 1 aromatic heterocycles. The lowest BCUT2D eigenvalue weighted by Crippen LogP contribution is -1.94. The summed E-state index contributed by atoms with van der Waals surface area (Å²) in [7, 11) is 0. The molecule has 0 fully saturated rings. The van der Waals surface area contributed by atoms with Crippen molar-refractivity contribution in [2.75, 3.05) is 0 Å². The molecule has 0 radical (unpaired) electrons. The lowest BCUT2D eigenvalue weighted by molar-refractivity contribution is 0.104. The molecule has 1 aliphatic rings. The van der Waals surface area contributed by atoms with Crippen LogP contribution in [-0.2, 0) is 0 Å².